The van der Waals surface area contributed by atoms with Gasteiger partial charge in [0.15, 0.2) is 5.11 Å². The Morgan fingerprint density at radius 2 is 2.18 bits per heavy atom. The standard InChI is InChI=1S/C12H17N3OS/c1-12(2,3)10(16)15-11(17)14-8-9-5-4-6-13-7-9/h4-7H,8H2,1-3H3,(H2,14,15,16,17). The molecule has 0 radical (unpaired) electrons. The highest BCUT2D eigenvalue weighted by Crippen LogP contribution is 2.12. The molecule has 1 heterocycles. The first-order chi connectivity index (χ1) is 7.89. The number of hydrogen-bond acceptors (Lipinski definition) is 3. The van der Waals surface area contributed by atoms with Crippen molar-refractivity contribution in [2.75, 3.05) is 0 Å². The molecule has 1 amide bonds. The molecule has 0 spiro atoms. The van der Waals surface area contributed by atoms with Crippen LogP contribution in [-0.4, -0.2) is 16.0 Å². The van der Waals surface area contributed by atoms with Crippen molar-refractivity contribution in [1.82, 2.24) is 15.6 Å². The summed E-state index contributed by atoms with van der Waals surface area (Å²) >= 11 is 5.03. The van der Waals surface area contributed by atoms with Crippen molar-refractivity contribution in [2.24, 2.45) is 5.41 Å². The Morgan fingerprint density at radius 3 is 2.71 bits per heavy atom. The highest BCUT2D eigenvalue weighted by Gasteiger charge is 2.21. The normalized spacial score (nSPS) is 10.8. The minimum atomic E-state index is -0.444. The Kier molecular flexibility index (Phi) is 4.57. The molecule has 0 saturated carbocycles. The fourth-order valence-electron chi connectivity index (χ4n) is 1.02. The molecule has 92 valence electrons. The summed E-state index contributed by atoms with van der Waals surface area (Å²) in [7, 11) is 0. The number of aromatic nitrogens is 1. The van der Waals surface area contributed by atoms with Crippen LogP contribution in [0.5, 0.6) is 0 Å². The zero-order valence-corrected chi connectivity index (χ0v) is 11.1. The van der Waals surface area contributed by atoms with E-state index in [1.807, 2.05) is 32.9 Å². The molecule has 1 rings (SSSR count). The van der Waals surface area contributed by atoms with Gasteiger partial charge in [-0.1, -0.05) is 26.8 Å². The van der Waals surface area contributed by atoms with Crippen LogP contribution in [0.1, 0.15) is 26.3 Å². The van der Waals surface area contributed by atoms with Gasteiger partial charge in [0.2, 0.25) is 5.91 Å². The van der Waals surface area contributed by atoms with Gasteiger partial charge in [-0.2, -0.15) is 0 Å². The summed E-state index contributed by atoms with van der Waals surface area (Å²) in [5.74, 6) is -0.0961. The van der Waals surface area contributed by atoms with Crippen molar-refractivity contribution in [3.05, 3.63) is 30.1 Å². The molecule has 0 aromatic carbocycles. The third-order valence-corrected chi connectivity index (χ3v) is 2.33. The quantitative estimate of drug-likeness (QED) is 0.784. The zero-order valence-electron chi connectivity index (χ0n) is 10.3. The van der Waals surface area contributed by atoms with Crippen LogP contribution >= 0.6 is 12.2 Å². The summed E-state index contributed by atoms with van der Waals surface area (Å²) in [4.78, 5) is 15.6. The van der Waals surface area contributed by atoms with E-state index in [0.29, 0.717) is 11.7 Å². The maximum absolute atomic E-state index is 11.6. The number of nitrogens with one attached hydrogen (secondary N) is 2. The van der Waals surface area contributed by atoms with E-state index in [2.05, 4.69) is 15.6 Å². The molecule has 5 heteroatoms. The van der Waals surface area contributed by atoms with Crippen LogP contribution in [0, 0.1) is 5.41 Å². The molecule has 0 bridgehead atoms. The van der Waals surface area contributed by atoms with Gasteiger partial charge in [0, 0.05) is 24.4 Å². The predicted octanol–water partition coefficient (Wildman–Crippen LogP) is 1.62. The van der Waals surface area contributed by atoms with Crippen molar-refractivity contribution in [1.29, 1.82) is 0 Å². The third kappa shape index (κ3) is 4.91. The highest BCUT2D eigenvalue weighted by molar-refractivity contribution is 7.80. The van der Waals surface area contributed by atoms with E-state index in [0.717, 1.165) is 5.56 Å². The largest absolute Gasteiger partial charge is 0.358 e. The van der Waals surface area contributed by atoms with E-state index < -0.39 is 5.41 Å². The van der Waals surface area contributed by atoms with Crippen LogP contribution < -0.4 is 10.6 Å². The molecule has 0 aliphatic heterocycles. The molecule has 4 nitrogen and oxygen atoms in total. The second kappa shape index (κ2) is 5.72. The van der Waals surface area contributed by atoms with Crippen molar-refractivity contribution in [2.45, 2.75) is 27.3 Å². The molecule has 1 aromatic rings. The summed E-state index contributed by atoms with van der Waals surface area (Å²) in [5, 5.41) is 5.95. The second-order valence-corrected chi connectivity index (χ2v) is 5.16. The van der Waals surface area contributed by atoms with Gasteiger partial charge in [-0.3, -0.25) is 9.78 Å². The monoisotopic (exact) mass is 251 g/mol. The Hall–Kier alpha value is -1.49. The number of nitrogens with zero attached hydrogens (tertiary/aromatic N) is 1. The lowest BCUT2D eigenvalue weighted by molar-refractivity contribution is -0.126. The number of thiocarbonyl (C=S) groups is 1. The third-order valence-electron chi connectivity index (χ3n) is 2.08. The number of carbonyl (C=O) groups is 1. The van der Waals surface area contributed by atoms with E-state index in [-0.39, 0.29) is 5.91 Å². The lowest BCUT2D eigenvalue weighted by Crippen LogP contribution is -2.44. The predicted molar refractivity (Wildman–Crippen MR) is 71.3 cm³/mol. The van der Waals surface area contributed by atoms with Crippen molar-refractivity contribution >= 4 is 23.2 Å². The van der Waals surface area contributed by atoms with Crippen LogP contribution in [0.3, 0.4) is 0 Å². The van der Waals surface area contributed by atoms with Gasteiger partial charge in [-0.15, -0.1) is 0 Å². The van der Waals surface area contributed by atoms with Gasteiger partial charge in [-0.25, -0.2) is 0 Å². The lowest BCUT2D eigenvalue weighted by Gasteiger charge is -2.18. The molecular formula is C12H17N3OS. The summed E-state index contributed by atoms with van der Waals surface area (Å²) in [6.07, 6.45) is 3.46. The van der Waals surface area contributed by atoms with Crippen LogP contribution in [0.4, 0.5) is 0 Å². The Bertz CT molecular complexity index is 398. The molecular weight excluding hydrogens is 234 g/mol. The van der Waals surface area contributed by atoms with E-state index in [4.69, 9.17) is 12.2 Å². The first kappa shape index (κ1) is 13.6. The Morgan fingerprint density at radius 1 is 1.47 bits per heavy atom. The first-order valence-corrected chi connectivity index (χ1v) is 5.78. The van der Waals surface area contributed by atoms with Crippen molar-refractivity contribution in [3.63, 3.8) is 0 Å². The molecule has 1 aromatic heterocycles. The first-order valence-electron chi connectivity index (χ1n) is 5.38. The molecule has 0 aliphatic rings. The molecule has 0 saturated heterocycles. The van der Waals surface area contributed by atoms with E-state index >= 15 is 0 Å². The minimum absolute atomic E-state index is 0.0961. The average molecular weight is 251 g/mol. The number of hydrogen-bond donors (Lipinski definition) is 2. The van der Waals surface area contributed by atoms with E-state index in [1.54, 1.807) is 12.4 Å². The van der Waals surface area contributed by atoms with Gasteiger partial charge < -0.3 is 10.6 Å². The lowest BCUT2D eigenvalue weighted by atomic mass is 9.96. The molecule has 0 atom stereocenters. The molecule has 0 aliphatic carbocycles. The Labute approximate surface area is 107 Å². The second-order valence-electron chi connectivity index (χ2n) is 4.75. The SMILES string of the molecule is CC(C)(C)C(=O)NC(=S)NCc1cccnc1. The van der Waals surface area contributed by atoms with Crippen LogP contribution in [0.2, 0.25) is 0 Å². The molecule has 0 fully saturated rings. The van der Waals surface area contributed by atoms with Gasteiger partial charge in [-0.05, 0) is 23.8 Å². The molecule has 0 unspecified atom stereocenters. The average Bonchev–Trinajstić information content (AvgIpc) is 2.26. The number of amides is 1. The smallest absolute Gasteiger partial charge is 0.231 e. The fourth-order valence-corrected chi connectivity index (χ4v) is 1.18. The Balaban J connectivity index is 2.39. The van der Waals surface area contributed by atoms with Gasteiger partial charge in [0.25, 0.3) is 0 Å². The maximum atomic E-state index is 11.6. The topological polar surface area (TPSA) is 54.0 Å². The van der Waals surface area contributed by atoms with Crippen LogP contribution in [-0.2, 0) is 11.3 Å². The maximum Gasteiger partial charge on any atom is 0.231 e. The van der Waals surface area contributed by atoms with Gasteiger partial charge in [0.1, 0.15) is 0 Å². The minimum Gasteiger partial charge on any atom is -0.358 e. The summed E-state index contributed by atoms with van der Waals surface area (Å²) in [6.45, 7) is 6.07. The van der Waals surface area contributed by atoms with Gasteiger partial charge in [0.05, 0.1) is 0 Å². The van der Waals surface area contributed by atoms with Crippen LogP contribution in [0.15, 0.2) is 24.5 Å². The number of pyridine rings is 1. The number of carbonyl (C=O) groups excluding carboxylic acids is 1. The molecule has 17 heavy (non-hydrogen) atoms. The van der Waals surface area contributed by atoms with Crippen molar-refractivity contribution < 1.29 is 4.79 Å². The van der Waals surface area contributed by atoms with E-state index in [9.17, 15) is 4.79 Å². The summed E-state index contributed by atoms with van der Waals surface area (Å²) < 4.78 is 0. The summed E-state index contributed by atoms with van der Waals surface area (Å²) in [5.41, 5.74) is 0.569. The molecule has 2 N–H and O–H groups in total. The fraction of sp³-hybridized carbons (Fsp3) is 0.417. The van der Waals surface area contributed by atoms with Gasteiger partial charge >= 0.3 is 0 Å². The highest BCUT2D eigenvalue weighted by atomic mass is 32.1. The van der Waals surface area contributed by atoms with Crippen LogP contribution in [0.25, 0.3) is 0 Å². The summed E-state index contributed by atoms with van der Waals surface area (Å²) in [6, 6.07) is 3.79. The van der Waals surface area contributed by atoms with Crippen molar-refractivity contribution in [3.8, 4) is 0 Å². The number of rotatable bonds is 2. The van der Waals surface area contributed by atoms with E-state index in [1.165, 1.54) is 0 Å². The zero-order chi connectivity index (χ0) is 12.9.